The lowest BCUT2D eigenvalue weighted by molar-refractivity contribution is -0.121. The number of imidazole rings is 1. The number of aromatic nitrogens is 2. The zero-order valence-electron chi connectivity index (χ0n) is 10.9. The van der Waals surface area contributed by atoms with E-state index in [0.717, 1.165) is 29.7 Å². The highest BCUT2D eigenvalue weighted by atomic mass is 16.1. The average molecular weight is 245 g/mol. The van der Waals surface area contributed by atoms with Gasteiger partial charge < -0.3 is 10.3 Å². The van der Waals surface area contributed by atoms with Crippen molar-refractivity contribution in [2.75, 3.05) is 0 Å². The minimum Gasteiger partial charge on any atom is -0.369 e. The molecular weight excluding hydrogens is 226 g/mol. The van der Waals surface area contributed by atoms with Crippen LogP contribution in [0.25, 0.3) is 11.0 Å². The van der Waals surface area contributed by atoms with Crippen molar-refractivity contribution in [3.63, 3.8) is 0 Å². The second-order valence-corrected chi connectivity index (χ2v) is 4.68. The highest BCUT2D eigenvalue weighted by Gasteiger charge is 2.15. The summed E-state index contributed by atoms with van der Waals surface area (Å²) in [6, 6.07) is 8.01. The van der Waals surface area contributed by atoms with Gasteiger partial charge >= 0.3 is 0 Å². The Hall–Kier alpha value is -1.84. The van der Waals surface area contributed by atoms with Crippen LogP contribution in [0.15, 0.2) is 24.3 Å². The molecule has 1 amide bonds. The maximum atomic E-state index is 11.2. The summed E-state index contributed by atoms with van der Waals surface area (Å²) in [5, 5.41) is 0. The van der Waals surface area contributed by atoms with Crippen molar-refractivity contribution in [2.45, 2.75) is 33.2 Å². The number of primary amides is 1. The molecule has 1 aromatic heterocycles. The standard InChI is InChI=1S/C14H19N3O/c1-3-6-13-16-11-7-4-5-8-12(11)17(13)9-10(2)14(15)18/h4-5,7-8,10H,3,6,9H2,1-2H3,(H2,15,18). The summed E-state index contributed by atoms with van der Waals surface area (Å²) in [6.45, 7) is 4.58. The second-order valence-electron chi connectivity index (χ2n) is 4.68. The SMILES string of the molecule is CCCc1nc2ccccc2n1CC(C)C(N)=O. The Labute approximate surface area is 107 Å². The van der Waals surface area contributed by atoms with Gasteiger partial charge in [0.2, 0.25) is 5.91 Å². The van der Waals surface area contributed by atoms with Gasteiger partial charge in [0.1, 0.15) is 5.82 Å². The van der Waals surface area contributed by atoms with E-state index in [0.29, 0.717) is 6.54 Å². The number of carbonyl (C=O) groups excluding carboxylic acids is 1. The van der Waals surface area contributed by atoms with E-state index in [1.807, 2.05) is 31.2 Å². The fourth-order valence-electron chi connectivity index (χ4n) is 2.11. The van der Waals surface area contributed by atoms with Gasteiger partial charge in [-0.1, -0.05) is 26.0 Å². The molecule has 0 aliphatic carbocycles. The zero-order chi connectivity index (χ0) is 13.1. The average Bonchev–Trinajstić information content (AvgIpc) is 2.68. The fraction of sp³-hybridized carbons (Fsp3) is 0.429. The van der Waals surface area contributed by atoms with Crippen LogP contribution in [0.3, 0.4) is 0 Å². The van der Waals surface area contributed by atoms with Crippen molar-refractivity contribution in [2.24, 2.45) is 11.7 Å². The molecule has 0 aliphatic heterocycles. The topological polar surface area (TPSA) is 60.9 Å². The third kappa shape index (κ3) is 2.37. The smallest absolute Gasteiger partial charge is 0.222 e. The molecule has 2 N–H and O–H groups in total. The largest absolute Gasteiger partial charge is 0.369 e. The molecule has 2 aromatic rings. The molecule has 0 saturated carbocycles. The van der Waals surface area contributed by atoms with Crippen LogP contribution in [0.5, 0.6) is 0 Å². The Morgan fingerprint density at radius 2 is 2.17 bits per heavy atom. The van der Waals surface area contributed by atoms with Crippen molar-refractivity contribution in [3.8, 4) is 0 Å². The fourth-order valence-corrected chi connectivity index (χ4v) is 2.11. The summed E-state index contributed by atoms with van der Waals surface area (Å²) in [6.07, 6.45) is 1.95. The highest BCUT2D eigenvalue weighted by molar-refractivity contribution is 5.78. The van der Waals surface area contributed by atoms with E-state index >= 15 is 0 Å². The van der Waals surface area contributed by atoms with E-state index < -0.39 is 0 Å². The number of hydrogen-bond acceptors (Lipinski definition) is 2. The number of para-hydroxylation sites is 2. The van der Waals surface area contributed by atoms with Gasteiger partial charge in [-0.15, -0.1) is 0 Å². The molecule has 2 rings (SSSR count). The second kappa shape index (κ2) is 5.21. The Balaban J connectivity index is 2.44. The summed E-state index contributed by atoms with van der Waals surface area (Å²) in [5.41, 5.74) is 7.41. The Morgan fingerprint density at radius 3 is 2.83 bits per heavy atom. The minimum atomic E-state index is -0.268. The van der Waals surface area contributed by atoms with Gasteiger partial charge in [-0.25, -0.2) is 4.98 Å². The third-order valence-electron chi connectivity index (χ3n) is 3.15. The molecule has 96 valence electrons. The number of nitrogens with zero attached hydrogens (tertiary/aromatic N) is 2. The first kappa shape index (κ1) is 12.6. The van der Waals surface area contributed by atoms with Crippen molar-refractivity contribution in [3.05, 3.63) is 30.1 Å². The number of nitrogens with two attached hydrogens (primary N) is 1. The molecular formula is C14H19N3O. The molecule has 0 fully saturated rings. The van der Waals surface area contributed by atoms with Crippen LogP contribution in [0, 0.1) is 5.92 Å². The Bertz CT molecular complexity index is 559. The molecule has 1 aromatic carbocycles. The number of aryl methyl sites for hydroxylation is 1. The van der Waals surface area contributed by atoms with Gasteiger partial charge in [0.05, 0.1) is 17.0 Å². The van der Waals surface area contributed by atoms with Crippen LogP contribution in [-0.2, 0) is 17.8 Å². The van der Waals surface area contributed by atoms with E-state index in [4.69, 9.17) is 5.73 Å². The molecule has 0 spiro atoms. The molecule has 18 heavy (non-hydrogen) atoms. The summed E-state index contributed by atoms with van der Waals surface area (Å²) >= 11 is 0. The Morgan fingerprint density at radius 1 is 1.44 bits per heavy atom. The van der Waals surface area contributed by atoms with E-state index in [1.54, 1.807) is 0 Å². The van der Waals surface area contributed by atoms with Crippen molar-refractivity contribution < 1.29 is 4.79 Å². The van der Waals surface area contributed by atoms with E-state index in [2.05, 4.69) is 16.5 Å². The van der Waals surface area contributed by atoms with Crippen LogP contribution >= 0.6 is 0 Å². The molecule has 0 bridgehead atoms. The number of hydrogen-bond donors (Lipinski definition) is 1. The number of benzene rings is 1. The number of amides is 1. The summed E-state index contributed by atoms with van der Waals surface area (Å²) in [4.78, 5) is 15.8. The molecule has 0 saturated heterocycles. The summed E-state index contributed by atoms with van der Waals surface area (Å²) in [7, 11) is 0. The maximum absolute atomic E-state index is 11.2. The highest BCUT2D eigenvalue weighted by Crippen LogP contribution is 2.18. The van der Waals surface area contributed by atoms with E-state index in [1.165, 1.54) is 0 Å². The first-order chi connectivity index (χ1) is 8.63. The van der Waals surface area contributed by atoms with Crippen LogP contribution in [-0.4, -0.2) is 15.5 Å². The lowest BCUT2D eigenvalue weighted by Gasteiger charge is -2.12. The van der Waals surface area contributed by atoms with Crippen LogP contribution < -0.4 is 5.73 Å². The summed E-state index contributed by atoms with van der Waals surface area (Å²) < 4.78 is 2.12. The van der Waals surface area contributed by atoms with Crippen molar-refractivity contribution in [1.82, 2.24) is 9.55 Å². The molecule has 4 nitrogen and oxygen atoms in total. The zero-order valence-corrected chi connectivity index (χ0v) is 10.9. The van der Waals surface area contributed by atoms with Gasteiger partial charge in [0, 0.05) is 13.0 Å². The molecule has 0 aliphatic rings. The molecule has 1 unspecified atom stereocenters. The lowest BCUT2D eigenvalue weighted by Crippen LogP contribution is -2.25. The predicted octanol–water partition coefficient (Wildman–Crippen LogP) is 2.11. The first-order valence-corrected chi connectivity index (χ1v) is 6.37. The van der Waals surface area contributed by atoms with E-state index in [-0.39, 0.29) is 11.8 Å². The third-order valence-corrected chi connectivity index (χ3v) is 3.15. The molecule has 4 heteroatoms. The quantitative estimate of drug-likeness (QED) is 0.877. The van der Waals surface area contributed by atoms with Crippen LogP contribution in [0.4, 0.5) is 0 Å². The molecule has 0 radical (unpaired) electrons. The van der Waals surface area contributed by atoms with Crippen molar-refractivity contribution >= 4 is 16.9 Å². The van der Waals surface area contributed by atoms with Crippen LogP contribution in [0.2, 0.25) is 0 Å². The number of fused-ring (bicyclic) bond motifs is 1. The van der Waals surface area contributed by atoms with Gasteiger partial charge in [-0.2, -0.15) is 0 Å². The van der Waals surface area contributed by atoms with Gasteiger partial charge in [-0.05, 0) is 18.6 Å². The number of carbonyl (C=O) groups is 1. The van der Waals surface area contributed by atoms with Gasteiger partial charge in [0.15, 0.2) is 0 Å². The summed E-state index contributed by atoms with van der Waals surface area (Å²) in [5.74, 6) is 0.584. The normalized spacial score (nSPS) is 12.8. The van der Waals surface area contributed by atoms with Crippen LogP contribution in [0.1, 0.15) is 26.1 Å². The maximum Gasteiger partial charge on any atom is 0.222 e. The molecule has 1 heterocycles. The molecule has 1 atom stereocenters. The number of rotatable bonds is 5. The minimum absolute atomic E-state index is 0.182. The van der Waals surface area contributed by atoms with E-state index in [9.17, 15) is 4.79 Å². The van der Waals surface area contributed by atoms with Crippen molar-refractivity contribution in [1.29, 1.82) is 0 Å². The van der Waals surface area contributed by atoms with Gasteiger partial charge in [-0.3, -0.25) is 4.79 Å². The first-order valence-electron chi connectivity index (χ1n) is 6.37. The predicted molar refractivity (Wildman–Crippen MR) is 72.1 cm³/mol. The Kier molecular flexibility index (Phi) is 3.65. The lowest BCUT2D eigenvalue weighted by atomic mass is 10.1. The van der Waals surface area contributed by atoms with Gasteiger partial charge in [0.25, 0.3) is 0 Å². The monoisotopic (exact) mass is 245 g/mol.